The SMILES string of the molecule is Cc1ccc(Nc2nc(-c3ccc4c(c3)N([C@H]3C[C@@H](N5CCCCC5)C3)C(=O)C43CCOCC3)cc3ncn(C(C)C)c23)cc1C(O)NC(C)C. The normalized spacial score (nSPS) is 22.6. The average Bonchev–Trinajstić information content (AvgIpc) is 3.63. The fourth-order valence-electron chi connectivity index (χ4n) is 8.91. The summed E-state index contributed by atoms with van der Waals surface area (Å²) in [7, 11) is 0. The number of aliphatic hydroxyl groups is 1. The molecule has 2 aromatic carbocycles. The van der Waals surface area contributed by atoms with Gasteiger partial charge < -0.3 is 29.5 Å². The maximum absolute atomic E-state index is 14.6. The zero-order valence-corrected chi connectivity index (χ0v) is 30.8. The zero-order valence-electron chi connectivity index (χ0n) is 30.8. The van der Waals surface area contributed by atoms with Crippen molar-refractivity contribution in [3.05, 3.63) is 65.5 Å². The second kappa shape index (κ2) is 13.6. The van der Waals surface area contributed by atoms with Gasteiger partial charge in [-0.15, -0.1) is 0 Å². The lowest BCUT2D eigenvalue weighted by Crippen LogP contribution is -2.57. The van der Waals surface area contributed by atoms with Gasteiger partial charge in [-0.05, 0) is 122 Å². The van der Waals surface area contributed by atoms with Gasteiger partial charge >= 0.3 is 0 Å². The molecule has 1 unspecified atom stereocenters. The maximum Gasteiger partial charge on any atom is 0.238 e. The number of benzene rings is 2. The van der Waals surface area contributed by atoms with E-state index in [2.05, 4.69) is 63.1 Å². The summed E-state index contributed by atoms with van der Waals surface area (Å²) in [5.74, 6) is 0.957. The molecule has 1 amide bonds. The molecule has 4 aromatic rings. The van der Waals surface area contributed by atoms with E-state index >= 15 is 0 Å². The van der Waals surface area contributed by atoms with Crippen molar-refractivity contribution in [2.24, 2.45) is 0 Å². The lowest BCUT2D eigenvalue weighted by atomic mass is 9.75. The van der Waals surface area contributed by atoms with Crippen molar-refractivity contribution < 1.29 is 14.6 Å². The van der Waals surface area contributed by atoms with E-state index in [0.29, 0.717) is 25.1 Å². The smallest absolute Gasteiger partial charge is 0.238 e. The van der Waals surface area contributed by atoms with E-state index in [-0.39, 0.29) is 24.0 Å². The molecular weight excluding hydrogens is 638 g/mol. The molecule has 3 N–H and O–H groups in total. The Morgan fingerprint density at radius 2 is 1.73 bits per heavy atom. The lowest BCUT2D eigenvalue weighted by Gasteiger charge is -2.48. The molecule has 2 saturated heterocycles. The molecule has 3 aliphatic heterocycles. The number of nitrogens with one attached hydrogen (secondary N) is 2. The van der Waals surface area contributed by atoms with Crippen molar-refractivity contribution in [2.45, 2.75) is 115 Å². The number of aliphatic hydroxyl groups excluding tert-OH is 1. The quantitative estimate of drug-likeness (QED) is 0.159. The first-order chi connectivity index (χ1) is 24.6. The van der Waals surface area contributed by atoms with Crippen LogP contribution in [0.15, 0.2) is 48.8 Å². The summed E-state index contributed by atoms with van der Waals surface area (Å²) < 4.78 is 7.93. The average molecular weight is 692 g/mol. The number of carbonyl (C=O) groups excluding carboxylic acids is 1. The molecule has 4 aliphatic rings. The molecule has 1 aliphatic carbocycles. The molecular formula is C41H53N7O3. The van der Waals surface area contributed by atoms with Gasteiger partial charge in [-0.1, -0.05) is 24.6 Å². The fourth-order valence-corrected chi connectivity index (χ4v) is 8.91. The summed E-state index contributed by atoms with van der Waals surface area (Å²) in [6.07, 6.45) is 8.52. The van der Waals surface area contributed by atoms with Gasteiger partial charge in [0.05, 0.1) is 23.0 Å². The largest absolute Gasteiger partial charge is 0.381 e. The van der Waals surface area contributed by atoms with Crippen LogP contribution in [0, 0.1) is 6.92 Å². The first kappa shape index (κ1) is 34.3. The monoisotopic (exact) mass is 691 g/mol. The summed E-state index contributed by atoms with van der Waals surface area (Å²) in [6.45, 7) is 13.9. The minimum Gasteiger partial charge on any atom is -0.381 e. The van der Waals surface area contributed by atoms with Gasteiger partial charge in [0, 0.05) is 59.9 Å². The third kappa shape index (κ3) is 6.14. The number of fused-ring (bicyclic) bond motifs is 3. The van der Waals surface area contributed by atoms with Crippen LogP contribution in [0.1, 0.15) is 102 Å². The summed E-state index contributed by atoms with van der Waals surface area (Å²) >= 11 is 0. The molecule has 5 heterocycles. The van der Waals surface area contributed by atoms with Gasteiger partial charge in [0.15, 0.2) is 5.82 Å². The lowest BCUT2D eigenvalue weighted by molar-refractivity contribution is -0.127. The van der Waals surface area contributed by atoms with Gasteiger partial charge in [-0.2, -0.15) is 0 Å². The van der Waals surface area contributed by atoms with Crippen LogP contribution < -0.4 is 15.5 Å². The Balaban J connectivity index is 1.17. The third-order valence-electron chi connectivity index (χ3n) is 11.8. The molecule has 1 spiro atoms. The van der Waals surface area contributed by atoms with E-state index in [4.69, 9.17) is 14.7 Å². The number of amides is 1. The standard InChI is InChI=1S/C41H53N7O3/c1-25(2)43-39(49)32-20-29(11-9-27(32)5)44-38-37-35(42-24-47(37)26(3)4)23-34(45-38)28-10-12-33-36(19-28)48(40(50)41(33)13-17-51-18-14-41)31-21-30(22-31)46-15-7-6-8-16-46/h9-12,19-20,23-26,30-31,39,43,49H,6-8,13-18,21-22H2,1-5H3,(H,44,45)/t30-,31+,39?. The highest BCUT2D eigenvalue weighted by molar-refractivity contribution is 6.09. The number of aryl methyl sites for hydroxylation is 1. The van der Waals surface area contributed by atoms with Crippen LogP contribution in [-0.2, 0) is 14.9 Å². The zero-order chi connectivity index (χ0) is 35.4. The van der Waals surface area contributed by atoms with E-state index in [1.807, 2.05) is 45.3 Å². The second-order valence-corrected chi connectivity index (χ2v) is 15.9. The molecule has 2 aromatic heterocycles. The maximum atomic E-state index is 14.6. The highest BCUT2D eigenvalue weighted by Gasteiger charge is 2.55. The molecule has 0 radical (unpaired) electrons. The molecule has 10 nitrogen and oxygen atoms in total. The van der Waals surface area contributed by atoms with Crippen LogP contribution in [-0.4, -0.2) is 74.9 Å². The number of piperidine rings is 1. The number of pyridine rings is 1. The van der Waals surface area contributed by atoms with E-state index in [0.717, 1.165) is 76.0 Å². The fraction of sp³-hybridized carbons (Fsp3) is 0.537. The molecule has 270 valence electrons. The van der Waals surface area contributed by atoms with Crippen LogP contribution in [0.3, 0.4) is 0 Å². The minimum atomic E-state index is -0.783. The third-order valence-corrected chi connectivity index (χ3v) is 11.8. The molecule has 1 saturated carbocycles. The number of anilines is 3. The molecule has 3 fully saturated rings. The van der Waals surface area contributed by atoms with Crippen molar-refractivity contribution in [1.82, 2.24) is 24.8 Å². The predicted molar refractivity (Wildman–Crippen MR) is 202 cm³/mol. The summed E-state index contributed by atoms with van der Waals surface area (Å²) in [5, 5.41) is 17.8. The molecule has 0 bridgehead atoms. The van der Waals surface area contributed by atoms with Crippen molar-refractivity contribution in [2.75, 3.05) is 36.5 Å². The van der Waals surface area contributed by atoms with Crippen LogP contribution in [0.5, 0.6) is 0 Å². The second-order valence-electron chi connectivity index (χ2n) is 15.9. The molecule has 51 heavy (non-hydrogen) atoms. The number of imidazole rings is 1. The van der Waals surface area contributed by atoms with Crippen molar-refractivity contribution >= 4 is 34.1 Å². The van der Waals surface area contributed by atoms with E-state index in [9.17, 15) is 9.90 Å². The van der Waals surface area contributed by atoms with Gasteiger partial charge in [-0.3, -0.25) is 10.1 Å². The van der Waals surface area contributed by atoms with E-state index < -0.39 is 11.6 Å². The number of hydrogen-bond acceptors (Lipinski definition) is 8. The van der Waals surface area contributed by atoms with Crippen LogP contribution >= 0.6 is 0 Å². The number of nitrogens with zero attached hydrogens (tertiary/aromatic N) is 5. The Hall–Kier alpha value is -3.83. The molecule has 1 atom stereocenters. The van der Waals surface area contributed by atoms with Gasteiger partial charge in [0.1, 0.15) is 11.7 Å². The Morgan fingerprint density at radius 3 is 2.45 bits per heavy atom. The van der Waals surface area contributed by atoms with Gasteiger partial charge in [0.2, 0.25) is 5.91 Å². The number of likely N-dealkylation sites (tertiary alicyclic amines) is 1. The van der Waals surface area contributed by atoms with Crippen molar-refractivity contribution in [3.63, 3.8) is 0 Å². The first-order valence-corrected chi connectivity index (χ1v) is 19.1. The summed E-state index contributed by atoms with van der Waals surface area (Å²) in [4.78, 5) is 29.5. The summed E-state index contributed by atoms with van der Waals surface area (Å²) in [6, 6.07) is 15.8. The predicted octanol–water partition coefficient (Wildman–Crippen LogP) is 7.13. The Labute approximate surface area is 301 Å². The van der Waals surface area contributed by atoms with E-state index in [1.165, 1.54) is 32.4 Å². The van der Waals surface area contributed by atoms with E-state index in [1.54, 1.807) is 0 Å². The summed E-state index contributed by atoms with van der Waals surface area (Å²) in [5.41, 5.74) is 7.88. The number of carbonyl (C=O) groups is 1. The van der Waals surface area contributed by atoms with Crippen molar-refractivity contribution in [1.29, 1.82) is 0 Å². The molecule has 10 heteroatoms. The van der Waals surface area contributed by atoms with Crippen molar-refractivity contribution in [3.8, 4) is 11.3 Å². The number of rotatable bonds is 9. The Bertz CT molecular complexity index is 1920. The first-order valence-electron chi connectivity index (χ1n) is 19.1. The van der Waals surface area contributed by atoms with Gasteiger partial charge in [-0.25, -0.2) is 9.97 Å². The van der Waals surface area contributed by atoms with Crippen LogP contribution in [0.2, 0.25) is 0 Å². The topological polar surface area (TPSA) is 108 Å². The Kier molecular flexibility index (Phi) is 9.15. The number of ether oxygens (including phenoxy) is 1. The number of aromatic nitrogens is 3. The van der Waals surface area contributed by atoms with Crippen LogP contribution in [0.25, 0.3) is 22.3 Å². The minimum absolute atomic E-state index is 0.134. The number of hydrogen-bond donors (Lipinski definition) is 3. The highest BCUT2D eigenvalue weighted by Crippen LogP contribution is 2.52. The Morgan fingerprint density at radius 1 is 0.961 bits per heavy atom. The molecule has 8 rings (SSSR count). The van der Waals surface area contributed by atoms with Gasteiger partial charge in [0.25, 0.3) is 0 Å². The highest BCUT2D eigenvalue weighted by atomic mass is 16.5. The van der Waals surface area contributed by atoms with Crippen LogP contribution in [0.4, 0.5) is 17.2 Å².